The lowest BCUT2D eigenvalue weighted by atomic mass is 10.2. The van der Waals surface area contributed by atoms with E-state index in [1.54, 1.807) is 6.07 Å². The number of carbonyl (C=O) groups excluding carboxylic acids is 1. The van der Waals surface area contributed by atoms with E-state index in [0.717, 1.165) is 25.7 Å². The number of hydrogen-bond acceptors (Lipinski definition) is 2. The summed E-state index contributed by atoms with van der Waals surface area (Å²) in [7, 11) is 0. The number of carbonyl (C=O) groups is 1. The van der Waals surface area contributed by atoms with Crippen molar-refractivity contribution in [3.05, 3.63) is 35.6 Å². The quantitative estimate of drug-likeness (QED) is 0.716. The van der Waals surface area contributed by atoms with Gasteiger partial charge < -0.3 is 10.4 Å². The highest BCUT2D eigenvalue weighted by atomic mass is 19.1. The molecule has 0 fully saturated rings. The summed E-state index contributed by atoms with van der Waals surface area (Å²) in [5.74, 6) is -0.646. The molecule has 0 saturated carbocycles. The summed E-state index contributed by atoms with van der Waals surface area (Å²) in [6, 6.07) is 5.64. The highest BCUT2D eigenvalue weighted by Gasteiger charge is 2.04. The highest BCUT2D eigenvalue weighted by Crippen LogP contribution is 2.03. The number of unbranched alkanes of at least 4 members (excludes halogenated alkanes) is 3. The van der Waals surface area contributed by atoms with Crippen LogP contribution in [-0.4, -0.2) is 24.2 Å². The monoisotopic (exact) mass is 239 g/mol. The fourth-order valence-electron chi connectivity index (χ4n) is 1.52. The van der Waals surface area contributed by atoms with Crippen molar-refractivity contribution in [3.8, 4) is 0 Å². The summed E-state index contributed by atoms with van der Waals surface area (Å²) >= 11 is 0. The first kappa shape index (κ1) is 13.6. The molecule has 0 aliphatic rings. The molecule has 0 aromatic heterocycles. The van der Waals surface area contributed by atoms with Gasteiger partial charge in [-0.05, 0) is 31.0 Å². The van der Waals surface area contributed by atoms with E-state index < -0.39 is 5.82 Å². The second kappa shape index (κ2) is 7.79. The van der Waals surface area contributed by atoms with Gasteiger partial charge >= 0.3 is 0 Å². The molecule has 1 aromatic carbocycles. The van der Waals surface area contributed by atoms with Crippen molar-refractivity contribution in [2.75, 3.05) is 13.2 Å². The van der Waals surface area contributed by atoms with E-state index in [0.29, 0.717) is 12.1 Å². The maximum absolute atomic E-state index is 12.9. The third-order valence-corrected chi connectivity index (χ3v) is 2.46. The lowest BCUT2D eigenvalue weighted by Crippen LogP contribution is -2.24. The molecule has 0 unspecified atom stereocenters. The Morgan fingerprint density at radius 2 is 2.00 bits per heavy atom. The van der Waals surface area contributed by atoms with E-state index in [9.17, 15) is 9.18 Å². The molecule has 3 nitrogen and oxygen atoms in total. The number of halogens is 1. The summed E-state index contributed by atoms with van der Waals surface area (Å²) in [6.45, 7) is 0.802. The van der Waals surface area contributed by atoms with Crippen LogP contribution in [-0.2, 0) is 0 Å². The lowest BCUT2D eigenvalue weighted by molar-refractivity contribution is 0.0952. The summed E-state index contributed by atoms with van der Waals surface area (Å²) in [5, 5.41) is 11.3. The van der Waals surface area contributed by atoms with Gasteiger partial charge in [0.1, 0.15) is 5.82 Å². The standard InChI is InChI=1S/C13H18FNO2/c14-12-7-5-6-11(10-12)13(17)15-8-3-1-2-4-9-16/h5-7,10,16H,1-4,8-9H2,(H,15,17). The predicted octanol–water partition coefficient (Wildman–Crippen LogP) is 2.11. The molecule has 2 N–H and O–H groups in total. The van der Waals surface area contributed by atoms with Crippen LogP contribution in [0, 0.1) is 5.82 Å². The second-order valence-corrected chi connectivity index (χ2v) is 3.90. The number of hydrogen-bond donors (Lipinski definition) is 2. The van der Waals surface area contributed by atoms with Crippen LogP contribution in [0.1, 0.15) is 36.0 Å². The average Bonchev–Trinajstić information content (AvgIpc) is 2.33. The Morgan fingerprint density at radius 1 is 1.24 bits per heavy atom. The van der Waals surface area contributed by atoms with Gasteiger partial charge in [-0.15, -0.1) is 0 Å². The summed E-state index contributed by atoms with van der Waals surface area (Å²) in [5.41, 5.74) is 0.348. The van der Waals surface area contributed by atoms with Gasteiger partial charge in [-0.25, -0.2) is 4.39 Å². The third kappa shape index (κ3) is 5.45. The van der Waals surface area contributed by atoms with Crippen LogP contribution >= 0.6 is 0 Å². The predicted molar refractivity (Wildman–Crippen MR) is 64.3 cm³/mol. The number of aliphatic hydroxyl groups is 1. The largest absolute Gasteiger partial charge is 0.396 e. The van der Waals surface area contributed by atoms with Gasteiger partial charge in [0.25, 0.3) is 5.91 Å². The molecular formula is C13H18FNO2. The van der Waals surface area contributed by atoms with Gasteiger partial charge in [-0.2, -0.15) is 0 Å². The van der Waals surface area contributed by atoms with Gasteiger partial charge in [-0.1, -0.05) is 18.9 Å². The van der Waals surface area contributed by atoms with E-state index in [1.807, 2.05) is 0 Å². The van der Waals surface area contributed by atoms with Gasteiger partial charge in [-0.3, -0.25) is 4.79 Å². The molecule has 0 saturated heterocycles. The molecule has 17 heavy (non-hydrogen) atoms. The number of rotatable bonds is 7. The Labute approximate surface area is 101 Å². The maximum Gasteiger partial charge on any atom is 0.251 e. The molecule has 0 spiro atoms. The fourth-order valence-corrected chi connectivity index (χ4v) is 1.52. The molecule has 94 valence electrons. The molecule has 1 aromatic rings. The zero-order valence-corrected chi connectivity index (χ0v) is 9.79. The van der Waals surface area contributed by atoms with Crippen molar-refractivity contribution in [1.82, 2.24) is 5.32 Å². The minimum absolute atomic E-state index is 0.218. The molecule has 1 rings (SSSR count). The number of nitrogens with one attached hydrogen (secondary N) is 1. The Kier molecular flexibility index (Phi) is 6.25. The van der Waals surface area contributed by atoms with Crippen LogP contribution in [0.2, 0.25) is 0 Å². The molecule has 1 amide bonds. The first-order valence-electron chi connectivity index (χ1n) is 5.88. The highest BCUT2D eigenvalue weighted by molar-refractivity contribution is 5.94. The van der Waals surface area contributed by atoms with Crippen LogP contribution in [0.25, 0.3) is 0 Å². The average molecular weight is 239 g/mol. The van der Waals surface area contributed by atoms with E-state index in [-0.39, 0.29) is 12.5 Å². The lowest BCUT2D eigenvalue weighted by Gasteiger charge is -2.05. The number of amides is 1. The molecule has 4 heteroatoms. The normalized spacial score (nSPS) is 10.2. The number of benzene rings is 1. The first-order chi connectivity index (χ1) is 8.24. The van der Waals surface area contributed by atoms with Gasteiger partial charge in [0.2, 0.25) is 0 Å². The molecule has 0 atom stereocenters. The van der Waals surface area contributed by atoms with Crippen molar-refractivity contribution >= 4 is 5.91 Å². The Balaban J connectivity index is 2.21. The second-order valence-electron chi connectivity index (χ2n) is 3.90. The van der Waals surface area contributed by atoms with Crippen LogP contribution in [0.4, 0.5) is 4.39 Å². The van der Waals surface area contributed by atoms with E-state index in [4.69, 9.17) is 5.11 Å². The smallest absolute Gasteiger partial charge is 0.251 e. The van der Waals surface area contributed by atoms with E-state index in [2.05, 4.69) is 5.32 Å². The summed E-state index contributed by atoms with van der Waals surface area (Å²) < 4.78 is 12.9. The van der Waals surface area contributed by atoms with Gasteiger partial charge in [0, 0.05) is 18.7 Å². The minimum atomic E-state index is -0.402. The number of aliphatic hydroxyl groups excluding tert-OH is 1. The Bertz CT molecular complexity index is 355. The van der Waals surface area contributed by atoms with Gasteiger partial charge in [0.05, 0.1) is 0 Å². The zero-order valence-electron chi connectivity index (χ0n) is 9.79. The molecule has 0 aliphatic heterocycles. The SMILES string of the molecule is O=C(NCCCCCCO)c1cccc(F)c1. The zero-order chi connectivity index (χ0) is 12.5. The minimum Gasteiger partial charge on any atom is -0.396 e. The fraction of sp³-hybridized carbons (Fsp3) is 0.462. The van der Waals surface area contributed by atoms with E-state index >= 15 is 0 Å². The van der Waals surface area contributed by atoms with Crippen molar-refractivity contribution in [3.63, 3.8) is 0 Å². The van der Waals surface area contributed by atoms with Crippen LogP contribution < -0.4 is 5.32 Å². The van der Waals surface area contributed by atoms with E-state index in [1.165, 1.54) is 18.2 Å². The third-order valence-electron chi connectivity index (χ3n) is 2.46. The Hall–Kier alpha value is -1.42. The van der Waals surface area contributed by atoms with Crippen LogP contribution in [0.15, 0.2) is 24.3 Å². The molecule has 0 heterocycles. The molecular weight excluding hydrogens is 221 g/mol. The van der Waals surface area contributed by atoms with Crippen molar-refractivity contribution in [2.24, 2.45) is 0 Å². The molecule has 0 radical (unpaired) electrons. The van der Waals surface area contributed by atoms with Crippen molar-refractivity contribution in [1.29, 1.82) is 0 Å². The Morgan fingerprint density at radius 3 is 2.71 bits per heavy atom. The maximum atomic E-state index is 12.9. The first-order valence-corrected chi connectivity index (χ1v) is 5.88. The van der Waals surface area contributed by atoms with Crippen LogP contribution in [0.3, 0.4) is 0 Å². The van der Waals surface area contributed by atoms with Crippen molar-refractivity contribution in [2.45, 2.75) is 25.7 Å². The topological polar surface area (TPSA) is 49.3 Å². The summed E-state index contributed by atoms with van der Waals surface area (Å²) in [6.07, 6.45) is 3.62. The molecule has 0 aliphatic carbocycles. The van der Waals surface area contributed by atoms with Gasteiger partial charge in [0.15, 0.2) is 0 Å². The summed E-state index contributed by atoms with van der Waals surface area (Å²) in [4.78, 5) is 11.6. The van der Waals surface area contributed by atoms with Crippen LogP contribution in [0.5, 0.6) is 0 Å². The molecule has 0 bridgehead atoms. The van der Waals surface area contributed by atoms with Crippen molar-refractivity contribution < 1.29 is 14.3 Å².